The van der Waals surface area contributed by atoms with E-state index in [1.54, 1.807) is 12.1 Å². The Bertz CT molecular complexity index is 919. The Morgan fingerprint density at radius 2 is 1.96 bits per heavy atom. The van der Waals surface area contributed by atoms with E-state index in [0.717, 1.165) is 21.3 Å². The van der Waals surface area contributed by atoms with Gasteiger partial charge in [0.25, 0.3) is 10.1 Å². The summed E-state index contributed by atoms with van der Waals surface area (Å²) in [4.78, 5) is 0.165. The second-order valence-electron chi connectivity index (χ2n) is 6.62. The lowest BCUT2D eigenvalue weighted by Crippen LogP contribution is -2.12. The van der Waals surface area contributed by atoms with Gasteiger partial charge in [0.2, 0.25) is 0 Å². The van der Waals surface area contributed by atoms with Crippen molar-refractivity contribution in [2.45, 2.75) is 44.1 Å². The van der Waals surface area contributed by atoms with Gasteiger partial charge < -0.3 is 4.74 Å². The fraction of sp³-hybridized carbons (Fsp3) is 0.368. The number of rotatable bonds is 4. The summed E-state index contributed by atoms with van der Waals surface area (Å²) in [5.74, 6) is 1.20. The van der Waals surface area contributed by atoms with Crippen molar-refractivity contribution in [1.82, 2.24) is 0 Å². The van der Waals surface area contributed by atoms with Crippen LogP contribution in [0.5, 0.6) is 5.75 Å². The third kappa shape index (κ3) is 3.48. The Morgan fingerprint density at radius 1 is 1.24 bits per heavy atom. The molecule has 25 heavy (non-hydrogen) atoms. The molecule has 0 amide bonds. The summed E-state index contributed by atoms with van der Waals surface area (Å²) in [6.45, 7) is 6.22. The Hall–Kier alpha value is -1.37. The molecule has 2 aromatic rings. The van der Waals surface area contributed by atoms with Crippen molar-refractivity contribution in [3.63, 3.8) is 0 Å². The maximum absolute atomic E-state index is 12.3. The molecular weight excluding hydrogens is 404 g/mol. The zero-order valence-corrected chi connectivity index (χ0v) is 17.1. The molecule has 1 atom stereocenters. The fourth-order valence-corrected chi connectivity index (χ4v) is 4.59. The zero-order valence-electron chi connectivity index (χ0n) is 14.7. The third-order valence-corrected chi connectivity index (χ3v) is 6.41. The van der Waals surface area contributed by atoms with Crippen LogP contribution in [0.4, 0.5) is 0 Å². The van der Waals surface area contributed by atoms with Crippen LogP contribution in [0.1, 0.15) is 48.1 Å². The van der Waals surface area contributed by atoms with Crippen molar-refractivity contribution < 1.29 is 17.3 Å². The molecule has 1 unspecified atom stereocenters. The second-order valence-corrected chi connectivity index (χ2v) is 9.15. The minimum atomic E-state index is -3.79. The first-order chi connectivity index (χ1) is 11.7. The lowest BCUT2D eigenvalue weighted by Gasteiger charge is -2.16. The lowest BCUT2D eigenvalue weighted by atomic mass is 9.97. The molecule has 0 aliphatic carbocycles. The van der Waals surface area contributed by atoms with E-state index in [1.807, 2.05) is 13.0 Å². The van der Waals surface area contributed by atoms with Crippen LogP contribution >= 0.6 is 15.9 Å². The number of fused-ring (bicyclic) bond motifs is 1. The van der Waals surface area contributed by atoms with Crippen LogP contribution in [0, 0.1) is 6.92 Å². The predicted molar refractivity (Wildman–Crippen MR) is 101 cm³/mol. The highest BCUT2D eigenvalue weighted by Gasteiger charge is 2.32. The Labute approximate surface area is 157 Å². The molecule has 0 bridgehead atoms. The summed E-state index contributed by atoms with van der Waals surface area (Å²) < 4.78 is 36.3. The van der Waals surface area contributed by atoms with Gasteiger partial charge in [0, 0.05) is 12.0 Å². The van der Waals surface area contributed by atoms with Crippen molar-refractivity contribution in [3.8, 4) is 5.75 Å². The minimum Gasteiger partial charge on any atom is -0.484 e. The monoisotopic (exact) mass is 424 g/mol. The highest BCUT2D eigenvalue weighted by atomic mass is 79.9. The van der Waals surface area contributed by atoms with E-state index < -0.39 is 10.1 Å². The van der Waals surface area contributed by atoms with Crippen LogP contribution in [-0.2, 0) is 20.7 Å². The minimum absolute atomic E-state index is 0.165. The van der Waals surface area contributed by atoms with Gasteiger partial charge in [0.1, 0.15) is 16.7 Å². The average Bonchev–Trinajstić information content (AvgIpc) is 2.99. The first kappa shape index (κ1) is 18.4. The number of halogens is 1. The van der Waals surface area contributed by atoms with Crippen LogP contribution in [0.3, 0.4) is 0 Å². The largest absolute Gasteiger partial charge is 0.484 e. The molecule has 0 saturated heterocycles. The van der Waals surface area contributed by atoms with Crippen LogP contribution in [0.2, 0.25) is 0 Å². The standard InChI is InChI=1S/C19H21BrO4S/c1-11(2)13-8-14-10-17(24-19(14)16(20)9-13)15-7-12(3)5-6-18(15)25(21,22)23-4/h5-9,11,17H,10H2,1-4H3. The summed E-state index contributed by atoms with van der Waals surface area (Å²) >= 11 is 3.58. The Morgan fingerprint density at radius 3 is 2.60 bits per heavy atom. The summed E-state index contributed by atoms with van der Waals surface area (Å²) in [7, 11) is -2.62. The van der Waals surface area contributed by atoms with Gasteiger partial charge in [-0.2, -0.15) is 8.42 Å². The molecule has 4 nitrogen and oxygen atoms in total. The number of aryl methyl sites for hydroxylation is 1. The van der Waals surface area contributed by atoms with Crippen LogP contribution in [0.15, 0.2) is 39.7 Å². The van der Waals surface area contributed by atoms with E-state index in [2.05, 4.69) is 41.9 Å². The van der Waals surface area contributed by atoms with Gasteiger partial charge in [-0.15, -0.1) is 0 Å². The molecule has 2 aromatic carbocycles. The van der Waals surface area contributed by atoms with E-state index in [-0.39, 0.29) is 11.0 Å². The van der Waals surface area contributed by atoms with Crippen molar-refractivity contribution >= 4 is 26.0 Å². The Kier molecular flexibility index (Phi) is 4.97. The first-order valence-corrected chi connectivity index (χ1v) is 10.3. The summed E-state index contributed by atoms with van der Waals surface area (Å²) in [5.41, 5.74) is 3.93. The SMILES string of the molecule is COS(=O)(=O)c1ccc(C)cc1C1Cc2cc(C(C)C)cc(Br)c2O1. The molecule has 6 heteroatoms. The van der Waals surface area contributed by atoms with Crippen LogP contribution in [0.25, 0.3) is 0 Å². The normalized spacial score (nSPS) is 16.8. The second kappa shape index (κ2) is 6.74. The molecule has 0 N–H and O–H groups in total. The summed E-state index contributed by atoms with van der Waals surface area (Å²) in [5, 5.41) is 0. The molecule has 0 saturated carbocycles. The fourth-order valence-electron chi connectivity index (χ4n) is 3.08. The summed E-state index contributed by atoms with van der Waals surface area (Å²) in [6.07, 6.45) is 0.276. The van der Waals surface area contributed by atoms with E-state index in [1.165, 1.54) is 12.7 Å². The molecule has 1 aliphatic heterocycles. The highest BCUT2D eigenvalue weighted by molar-refractivity contribution is 9.10. The van der Waals surface area contributed by atoms with Gasteiger partial charge in [-0.05, 0) is 52.0 Å². The van der Waals surface area contributed by atoms with E-state index in [0.29, 0.717) is 17.9 Å². The molecule has 3 rings (SSSR count). The molecule has 0 radical (unpaired) electrons. The molecule has 0 spiro atoms. The highest BCUT2D eigenvalue weighted by Crippen LogP contribution is 2.44. The molecule has 1 heterocycles. The first-order valence-electron chi connectivity index (χ1n) is 8.13. The maximum Gasteiger partial charge on any atom is 0.297 e. The van der Waals surface area contributed by atoms with Gasteiger partial charge >= 0.3 is 0 Å². The zero-order chi connectivity index (χ0) is 18.4. The van der Waals surface area contributed by atoms with Gasteiger partial charge in [-0.25, -0.2) is 0 Å². The van der Waals surface area contributed by atoms with Crippen molar-refractivity contribution in [2.75, 3.05) is 7.11 Å². The molecular formula is C19H21BrO4S. The third-order valence-electron chi connectivity index (χ3n) is 4.48. The molecule has 1 aliphatic rings. The van der Waals surface area contributed by atoms with Gasteiger partial charge in [-0.3, -0.25) is 4.18 Å². The quantitative estimate of drug-likeness (QED) is 0.655. The smallest absolute Gasteiger partial charge is 0.297 e. The number of benzene rings is 2. The van der Waals surface area contributed by atoms with E-state index >= 15 is 0 Å². The predicted octanol–water partition coefficient (Wildman–Crippen LogP) is 4.89. The van der Waals surface area contributed by atoms with Gasteiger partial charge in [0.05, 0.1) is 11.6 Å². The molecule has 134 valence electrons. The van der Waals surface area contributed by atoms with Crippen molar-refractivity contribution in [1.29, 1.82) is 0 Å². The Balaban J connectivity index is 2.06. The summed E-state index contributed by atoms with van der Waals surface area (Å²) in [6, 6.07) is 9.43. The van der Waals surface area contributed by atoms with Crippen molar-refractivity contribution in [3.05, 3.63) is 57.1 Å². The van der Waals surface area contributed by atoms with Gasteiger partial charge in [0.15, 0.2) is 0 Å². The van der Waals surface area contributed by atoms with Gasteiger partial charge in [-0.1, -0.05) is 37.6 Å². The van der Waals surface area contributed by atoms with Crippen molar-refractivity contribution in [2.24, 2.45) is 0 Å². The van der Waals surface area contributed by atoms with E-state index in [4.69, 9.17) is 8.92 Å². The number of hydrogen-bond acceptors (Lipinski definition) is 4. The lowest BCUT2D eigenvalue weighted by molar-refractivity contribution is 0.233. The average molecular weight is 425 g/mol. The number of ether oxygens (including phenoxy) is 1. The van der Waals surface area contributed by atoms with Crippen LogP contribution < -0.4 is 4.74 Å². The number of hydrogen-bond donors (Lipinski definition) is 0. The topological polar surface area (TPSA) is 52.6 Å². The molecule has 0 fully saturated rings. The van der Waals surface area contributed by atoms with Crippen LogP contribution in [-0.4, -0.2) is 15.5 Å². The molecule has 0 aromatic heterocycles. The van der Waals surface area contributed by atoms with E-state index in [9.17, 15) is 8.42 Å². The maximum atomic E-state index is 12.3.